The summed E-state index contributed by atoms with van der Waals surface area (Å²) in [5.74, 6) is -1.00. The molecule has 88 valence electrons. The van der Waals surface area contributed by atoms with Gasteiger partial charge in [-0.1, -0.05) is 6.07 Å². The highest BCUT2D eigenvalue weighted by atomic mass is 32.1. The Kier molecular flexibility index (Phi) is 2.45. The van der Waals surface area contributed by atoms with E-state index in [2.05, 4.69) is 4.98 Å². The van der Waals surface area contributed by atoms with Crippen molar-refractivity contribution in [2.24, 2.45) is 0 Å². The number of carboxylic acids is 1. The molecule has 17 heavy (non-hydrogen) atoms. The number of aromatic nitrogens is 2. The molecule has 2 aromatic heterocycles. The largest absolute Gasteiger partial charge is 0.476 e. The van der Waals surface area contributed by atoms with Gasteiger partial charge in [-0.2, -0.15) is 0 Å². The zero-order valence-corrected chi connectivity index (χ0v) is 9.68. The minimum Gasteiger partial charge on any atom is -0.476 e. The number of rotatable bonds is 2. The lowest BCUT2D eigenvalue weighted by atomic mass is 10.2. The second-order valence-electron chi connectivity index (χ2n) is 3.81. The lowest BCUT2D eigenvalue weighted by Crippen LogP contribution is -2.21. The summed E-state index contributed by atoms with van der Waals surface area (Å²) in [5.41, 5.74) is 0.736. The van der Waals surface area contributed by atoms with Crippen LogP contribution in [-0.4, -0.2) is 20.6 Å². The molecule has 1 N–H and O–H groups in total. The van der Waals surface area contributed by atoms with Gasteiger partial charge < -0.3 is 14.4 Å². The molecule has 1 aliphatic rings. The Labute approximate surface area is 101 Å². The maximum Gasteiger partial charge on any atom is 0.356 e. The lowest BCUT2D eigenvalue weighted by Gasteiger charge is -2.24. The van der Waals surface area contributed by atoms with E-state index in [1.165, 1.54) is 0 Å². The summed E-state index contributed by atoms with van der Waals surface area (Å²) in [4.78, 5) is 16.0. The van der Waals surface area contributed by atoms with Gasteiger partial charge in [0, 0.05) is 4.88 Å². The number of hydrogen-bond acceptors (Lipinski definition) is 4. The fraction of sp³-hybridized carbons (Fsp3) is 0.273. The number of hydrogen-bond donors (Lipinski definition) is 1. The first-order chi connectivity index (χ1) is 8.25. The van der Waals surface area contributed by atoms with Gasteiger partial charge in [0.2, 0.25) is 0 Å². The van der Waals surface area contributed by atoms with Crippen molar-refractivity contribution < 1.29 is 14.6 Å². The zero-order valence-electron chi connectivity index (χ0n) is 8.87. The second kappa shape index (κ2) is 3.97. The Balaban J connectivity index is 1.89. The highest BCUT2D eigenvalue weighted by Gasteiger charge is 2.26. The average Bonchev–Trinajstić information content (AvgIpc) is 2.97. The zero-order chi connectivity index (χ0) is 11.8. The molecular formula is C11H10N2O3S. The van der Waals surface area contributed by atoms with Crippen molar-refractivity contribution in [3.05, 3.63) is 40.1 Å². The van der Waals surface area contributed by atoms with Crippen molar-refractivity contribution in [2.45, 2.75) is 19.3 Å². The summed E-state index contributed by atoms with van der Waals surface area (Å²) in [6.45, 7) is 0.917. The van der Waals surface area contributed by atoms with Gasteiger partial charge in [0.1, 0.15) is 6.10 Å². The molecule has 0 aromatic carbocycles. The van der Waals surface area contributed by atoms with E-state index in [9.17, 15) is 4.79 Å². The minimum absolute atomic E-state index is 0.00153. The average molecular weight is 250 g/mol. The first kappa shape index (κ1) is 10.5. The molecule has 0 saturated heterocycles. The van der Waals surface area contributed by atoms with E-state index in [0.717, 1.165) is 4.88 Å². The van der Waals surface area contributed by atoms with Crippen molar-refractivity contribution in [1.82, 2.24) is 9.55 Å². The molecule has 0 bridgehead atoms. The maximum absolute atomic E-state index is 10.9. The van der Waals surface area contributed by atoms with Crippen molar-refractivity contribution in [3.8, 4) is 0 Å². The van der Waals surface area contributed by atoms with E-state index in [-0.39, 0.29) is 11.8 Å². The van der Waals surface area contributed by atoms with Crippen LogP contribution in [-0.2, 0) is 17.9 Å². The monoisotopic (exact) mass is 250 g/mol. The minimum atomic E-state index is -1.00. The third-order valence-corrected chi connectivity index (χ3v) is 3.76. The standard InChI is InChI=1S/C11H10N2O3S/c14-11(15)10-7-5-16-8(4-13(7)6-12-10)9-2-1-3-17-9/h1-3,6,8H,4-5H2,(H,14,15). The second-order valence-corrected chi connectivity index (χ2v) is 4.79. The molecule has 0 saturated carbocycles. The highest BCUT2D eigenvalue weighted by molar-refractivity contribution is 7.10. The SMILES string of the molecule is O=C(O)c1ncn2c1COC(c1cccs1)C2. The molecule has 0 spiro atoms. The smallest absolute Gasteiger partial charge is 0.356 e. The third-order valence-electron chi connectivity index (χ3n) is 2.79. The predicted octanol–water partition coefficient (Wildman–Crippen LogP) is 1.91. The summed E-state index contributed by atoms with van der Waals surface area (Å²) in [5, 5.41) is 11.0. The molecule has 1 atom stereocenters. The van der Waals surface area contributed by atoms with Gasteiger partial charge >= 0.3 is 5.97 Å². The van der Waals surface area contributed by atoms with E-state index in [1.54, 1.807) is 17.7 Å². The molecular weight excluding hydrogens is 240 g/mol. The van der Waals surface area contributed by atoms with Gasteiger partial charge in [-0.3, -0.25) is 0 Å². The summed E-state index contributed by atoms with van der Waals surface area (Å²) >= 11 is 1.64. The number of thiophene rings is 1. The molecule has 0 radical (unpaired) electrons. The summed E-state index contributed by atoms with van der Waals surface area (Å²) in [6.07, 6.45) is 1.57. The number of imidazole rings is 1. The maximum atomic E-state index is 10.9. The first-order valence-electron chi connectivity index (χ1n) is 5.18. The topological polar surface area (TPSA) is 64.3 Å². The van der Waals surface area contributed by atoms with Crippen LogP contribution in [0.15, 0.2) is 23.8 Å². The van der Waals surface area contributed by atoms with Crippen LogP contribution in [0.1, 0.15) is 27.2 Å². The van der Waals surface area contributed by atoms with Crippen LogP contribution in [0.4, 0.5) is 0 Å². The van der Waals surface area contributed by atoms with E-state index in [0.29, 0.717) is 18.8 Å². The van der Waals surface area contributed by atoms with Gasteiger partial charge in [0.15, 0.2) is 5.69 Å². The highest BCUT2D eigenvalue weighted by Crippen LogP contribution is 2.30. The Bertz CT molecular complexity index is 547. The summed E-state index contributed by atoms with van der Waals surface area (Å²) < 4.78 is 7.54. The lowest BCUT2D eigenvalue weighted by molar-refractivity contribution is 0.00437. The van der Waals surface area contributed by atoms with Crippen molar-refractivity contribution in [1.29, 1.82) is 0 Å². The summed E-state index contributed by atoms with van der Waals surface area (Å²) in [6, 6.07) is 4.00. The van der Waals surface area contributed by atoms with Crippen LogP contribution >= 0.6 is 11.3 Å². The van der Waals surface area contributed by atoms with Gasteiger partial charge in [0.05, 0.1) is 25.2 Å². The molecule has 2 aromatic rings. The predicted molar refractivity (Wildman–Crippen MR) is 61.0 cm³/mol. The van der Waals surface area contributed by atoms with E-state index in [4.69, 9.17) is 9.84 Å². The van der Waals surface area contributed by atoms with E-state index >= 15 is 0 Å². The van der Waals surface area contributed by atoms with Crippen molar-refractivity contribution in [3.63, 3.8) is 0 Å². The normalized spacial score (nSPS) is 18.9. The molecule has 0 aliphatic carbocycles. The van der Waals surface area contributed by atoms with E-state index in [1.807, 2.05) is 22.1 Å². The summed E-state index contributed by atoms with van der Waals surface area (Å²) in [7, 11) is 0. The molecule has 1 aliphatic heterocycles. The fourth-order valence-electron chi connectivity index (χ4n) is 1.95. The molecule has 0 fully saturated rings. The number of carbonyl (C=O) groups is 1. The Morgan fingerprint density at radius 1 is 1.65 bits per heavy atom. The molecule has 3 rings (SSSR count). The van der Waals surface area contributed by atoms with Crippen LogP contribution in [0.5, 0.6) is 0 Å². The van der Waals surface area contributed by atoms with Gasteiger partial charge in [-0.25, -0.2) is 9.78 Å². The van der Waals surface area contributed by atoms with Crippen LogP contribution in [0.2, 0.25) is 0 Å². The Hall–Kier alpha value is -1.66. The van der Waals surface area contributed by atoms with Crippen LogP contribution in [0, 0.1) is 0 Å². The molecule has 0 amide bonds. The molecule has 3 heterocycles. The quantitative estimate of drug-likeness (QED) is 0.884. The molecule has 5 nitrogen and oxygen atoms in total. The number of aromatic carboxylic acids is 1. The number of carboxylic acid groups (broad SMARTS) is 1. The van der Waals surface area contributed by atoms with Crippen molar-refractivity contribution in [2.75, 3.05) is 0 Å². The van der Waals surface area contributed by atoms with Crippen molar-refractivity contribution >= 4 is 17.3 Å². The Morgan fingerprint density at radius 3 is 3.24 bits per heavy atom. The molecule has 1 unspecified atom stereocenters. The van der Waals surface area contributed by atoms with Gasteiger partial charge in [0.25, 0.3) is 0 Å². The van der Waals surface area contributed by atoms with Crippen LogP contribution in [0.3, 0.4) is 0 Å². The fourth-order valence-corrected chi connectivity index (χ4v) is 2.72. The van der Waals surface area contributed by atoms with Gasteiger partial charge in [-0.05, 0) is 11.4 Å². The van der Waals surface area contributed by atoms with Gasteiger partial charge in [-0.15, -0.1) is 11.3 Å². The Morgan fingerprint density at radius 2 is 2.53 bits per heavy atom. The first-order valence-corrected chi connectivity index (χ1v) is 6.06. The molecule has 6 heteroatoms. The number of fused-ring (bicyclic) bond motifs is 1. The van der Waals surface area contributed by atoms with E-state index < -0.39 is 5.97 Å². The van der Waals surface area contributed by atoms with Crippen LogP contribution < -0.4 is 0 Å². The third kappa shape index (κ3) is 1.75. The number of nitrogens with zero attached hydrogens (tertiary/aromatic N) is 2. The number of ether oxygens (including phenoxy) is 1. The van der Waals surface area contributed by atoms with Crippen LogP contribution in [0.25, 0.3) is 0 Å².